The molecule has 13 heavy (non-hydrogen) atoms. The average molecular weight is 176 g/mol. The minimum absolute atomic E-state index is 1.15. The molecule has 1 aromatic carbocycles. The van der Waals surface area contributed by atoms with Gasteiger partial charge in [-0.2, -0.15) is 0 Å². The average Bonchev–Trinajstić information content (AvgIpc) is 2.22. The number of rotatable bonds is 3. The molecule has 0 nitrogen and oxygen atoms in total. The van der Waals surface area contributed by atoms with E-state index in [1.807, 2.05) is 19.9 Å². The van der Waals surface area contributed by atoms with Crippen molar-refractivity contribution in [3.8, 4) is 0 Å². The number of aryl methyl sites for hydroxylation is 1. The lowest BCUT2D eigenvalue weighted by atomic mass is 10.0. The molecule has 0 bridgehead atoms. The summed E-state index contributed by atoms with van der Waals surface area (Å²) < 4.78 is 0. The first kappa shape index (κ1) is 12.0. The van der Waals surface area contributed by atoms with Gasteiger partial charge >= 0.3 is 0 Å². The largest absolute Gasteiger partial charge is 0.0985 e. The molecule has 0 saturated heterocycles. The summed E-state index contributed by atoms with van der Waals surface area (Å²) in [7, 11) is 0. The van der Waals surface area contributed by atoms with Gasteiger partial charge in [0.05, 0.1) is 0 Å². The van der Waals surface area contributed by atoms with E-state index in [9.17, 15) is 0 Å². The first-order valence-corrected chi connectivity index (χ1v) is 5.08. The summed E-state index contributed by atoms with van der Waals surface area (Å²) in [6.07, 6.45) is 4.28. The Hall–Kier alpha value is -1.04. The minimum atomic E-state index is 1.15. The molecule has 0 atom stereocenters. The van der Waals surface area contributed by atoms with Crippen LogP contribution in [0.4, 0.5) is 0 Å². The first-order valence-electron chi connectivity index (χ1n) is 5.08. The van der Waals surface area contributed by atoms with E-state index in [1.54, 1.807) is 0 Å². The zero-order valence-electron chi connectivity index (χ0n) is 9.01. The Morgan fingerprint density at radius 1 is 1.23 bits per heavy atom. The fourth-order valence-corrected chi connectivity index (χ4v) is 1.23. The zero-order valence-corrected chi connectivity index (χ0v) is 9.01. The quantitative estimate of drug-likeness (QED) is 0.644. The molecule has 0 fully saturated rings. The molecule has 0 aliphatic rings. The van der Waals surface area contributed by atoms with Crippen molar-refractivity contribution in [3.63, 3.8) is 0 Å². The maximum Gasteiger partial charge on any atom is -0.0230 e. The lowest BCUT2D eigenvalue weighted by Crippen LogP contribution is -1.86. The summed E-state index contributed by atoms with van der Waals surface area (Å²) in [5, 5.41) is 0. The lowest BCUT2D eigenvalue weighted by molar-refractivity contribution is 0.919. The highest BCUT2D eigenvalue weighted by molar-refractivity contribution is 5.51. The van der Waals surface area contributed by atoms with E-state index in [-0.39, 0.29) is 0 Å². The molecular weight excluding hydrogens is 156 g/mol. The van der Waals surface area contributed by atoms with Crippen LogP contribution >= 0.6 is 0 Å². The van der Waals surface area contributed by atoms with Crippen molar-refractivity contribution in [2.45, 2.75) is 33.6 Å². The van der Waals surface area contributed by atoms with Gasteiger partial charge < -0.3 is 0 Å². The van der Waals surface area contributed by atoms with Crippen LogP contribution in [0, 0.1) is 0 Å². The summed E-state index contributed by atoms with van der Waals surface area (Å²) >= 11 is 0. The Balaban J connectivity index is 0.000000671. The van der Waals surface area contributed by atoms with E-state index < -0.39 is 0 Å². The summed E-state index contributed by atoms with van der Waals surface area (Å²) in [5.74, 6) is 0. The van der Waals surface area contributed by atoms with Gasteiger partial charge in [-0.3, -0.25) is 0 Å². The third-order valence-corrected chi connectivity index (χ3v) is 1.79. The van der Waals surface area contributed by atoms with Gasteiger partial charge in [0, 0.05) is 0 Å². The predicted octanol–water partition coefficient (Wildman–Crippen LogP) is 4.31. The maximum absolute atomic E-state index is 3.77. The molecular formula is C13H20. The monoisotopic (exact) mass is 176 g/mol. The van der Waals surface area contributed by atoms with Crippen LogP contribution in [0.1, 0.15) is 38.3 Å². The van der Waals surface area contributed by atoms with Gasteiger partial charge in [0.25, 0.3) is 0 Å². The van der Waals surface area contributed by atoms with Crippen molar-refractivity contribution < 1.29 is 0 Å². The number of hydrogen-bond acceptors (Lipinski definition) is 0. The Bertz CT molecular complexity index is 236. The van der Waals surface area contributed by atoms with Gasteiger partial charge in [-0.25, -0.2) is 0 Å². The molecule has 0 heteroatoms. The molecule has 0 saturated carbocycles. The van der Waals surface area contributed by atoms with Crippen LogP contribution in [0.25, 0.3) is 6.08 Å². The van der Waals surface area contributed by atoms with Crippen molar-refractivity contribution in [1.29, 1.82) is 0 Å². The van der Waals surface area contributed by atoms with E-state index in [0.29, 0.717) is 0 Å². The molecule has 72 valence electrons. The van der Waals surface area contributed by atoms with E-state index in [0.717, 1.165) is 6.42 Å². The predicted molar refractivity (Wildman–Crippen MR) is 61.9 cm³/mol. The van der Waals surface area contributed by atoms with Gasteiger partial charge in [-0.05, 0) is 17.5 Å². The minimum Gasteiger partial charge on any atom is -0.0985 e. The Kier molecular flexibility index (Phi) is 6.99. The Morgan fingerprint density at radius 2 is 1.85 bits per heavy atom. The van der Waals surface area contributed by atoms with Crippen LogP contribution in [0.15, 0.2) is 30.8 Å². The smallest absolute Gasteiger partial charge is 0.0230 e. The van der Waals surface area contributed by atoms with Crippen LogP contribution in [-0.4, -0.2) is 0 Å². The van der Waals surface area contributed by atoms with Crippen LogP contribution in [0.3, 0.4) is 0 Å². The fraction of sp³-hybridized carbons (Fsp3) is 0.385. The SMILES string of the molecule is C=Cc1ccccc1CCC.CC. The molecule has 0 spiro atoms. The third-order valence-electron chi connectivity index (χ3n) is 1.79. The van der Waals surface area contributed by atoms with Gasteiger partial charge in [0.2, 0.25) is 0 Å². The van der Waals surface area contributed by atoms with Crippen molar-refractivity contribution in [2.24, 2.45) is 0 Å². The molecule has 0 aliphatic heterocycles. The standard InChI is InChI=1S/C11H14.C2H6/c1-3-7-11-9-6-5-8-10(11)4-2;1-2/h4-6,8-9H,2-3,7H2,1H3;1-2H3. The number of benzene rings is 1. The van der Waals surface area contributed by atoms with Crippen LogP contribution in [0.2, 0.25) is 0 Å². The highest BCUT2D eigenvalue weighted by Crippen LogP contribution is 2.11. The summed E-state index contributed by atoms with van der Waals surface area (Å²) in [4.78, 5) is 0. The Labute approximate surface area is 82.3 Å². The van der Waals surface area contributed by atoms with Crippen LogP contribution < -0.4 is 0 Å². The third kappa shape index (κ3) is 3.93. The van der Waals surface area contributed by atoms with Gasteiger partial charge in [0.15, 0.2) is 0 Å². The molecule has 0 aromatic heterocycles. The van der Waals surface area contributed by atoms with E-state index >= 15 is 0 Å². The molecule has 0 radical (unpaired) electrons. The Morgan fingerprint density at radius 3 is 2.38 bits per heavy atom. The first-order chi connectivity index (χ1) is 6.38. The second-order valence-electron chi connectivity index (χ2n) is 2.65. The highest BCUT2D eigenvalue weighted by Gasteiger charge is 1.94. The van der Waals surface area contributed by atoms with Crippen LogP contribution in [-0.2, 0) is 6.42 Å². The molecule has 1 aromatic rings. The second-order valence-corrected chi connectivity index (χ2v) is 2.65. The van der Waals surface area contributed by atoms with Crippen molar-refractivity contribution in [2.75, 3.05) is 0 Å². The molecule has 0 heterocycles. The molecule has 0 aliphatic carbocycles. The van der Waals surface area contributed by atoms with Gasteiger partial charge in [-0.1, -0.05) is 64.1 Å². The second kappa shape index (κ2) is 7.60. The summed E-state index contributed by atoms with van der Waals surface area (Å²) in [5.41, 5.74) is 2.68. The van der Waals surface area contributed by atoms with Gasteiger partial charge in [0.1, 0.15) is 0 Å². The number of hydrogen-bond donors (Lipinski definition) is 0. The van der Waals surface area contributed by atoms with Crippen molar-refractivity contribution in [1.82, 2.24) is 0 Å². The van der Waals surface area contributed by atoms with Crippen molar-refractivity contribution in [3.05, 3.63) is 42.0 Å². The normalized spacial score (nSPS) is 8.54. The van der Waals surface area contributed by atoms with E-state index in [1.165, 1.54) is 17.5 Å². The molecule has 1 rings (SSSR count). The fourth-order valence-electron chi connectivity index (χ4n) is 1.23. The van der Waals surface area contributed by atoms with Gasteiger partial charge in [-0.15, -0.1) is 0 Å². The topological polar surface area (TPSA) is 0 Å². The zero-order chi connectivity index (χ0) is 10.1. The van der Waals surface area contributed by atoms with Crippen molar-refractivity contribution >= 4 is 6.08 Å². The maximum atomic E-state index is 3.77. The molecule has 0 N–H and O–H groups in total. The van der Waals surface area contributed by atoms with Crippen LogP contribution in [0.5, 0.6) is 0 Å². The summed E-state index contributed by atoms with van der Waals surface area (Å²) in [6.45, 7) is 9.97. The lowest BCUT2D eigenvalue weighted by Gasteiger charge is -2.02. The van der Waals surface area contributed by atoms with E-state index in [2.05, 4.69) is 37.8 Å². The molecule has 0 unspecified atom stereocenters. The highest BCUT2D eigenvalue weighted by atomic mass is 14.0. The summed E-state index contributed by atoms with van der Waals surface area (Å²) in [6, 6.07) is 8.41. The van der Waals surface area contributed by atoms with E-state index in [4.69, 9.17) is 0 Å². The molecule has 0 amide bonds.